The summed E-state index contributed by atoms with van der Waals surface area (Å²) < 4.78 is 44.6. The Bertz CT molecular complexity index is 1280. The molecule has 0 amide bonds. The number of alkyl halides is 3. The third kappa shape index (κ3) is 4.08. The summed E-state index contributed by atoms with van der Waals surface area (Å²) in [7, 11) is 0. The Morgan fingerprint density at radius 1 is 0.971 bits per heavy atom. The van der Waals surface area contributed by atoms with Crippen LogP contribution in [0.15, 0.2) is 48.5 Å². The first-order valence-corrected chi connectivity index (χ1v) is 12.9. The van der Waals surface area contributed by atoms with Gasteiger partial charge in [0.1, 0.15) is 12.5 Å². The lowest BCUT2D eigenvalue weighted by Gasteiger charge is -2.56. The van der Waals surface area contributed by atoms with Crippen LogP contribution in [0.3, 0.4) is 0 Å². The van der Waals surface area contributed by atoms with E-state index in [2.05, 4.69) is 5.32 Å². The van der Waals surface area contributed by atoms with Gasteiger partial charge in [0.15, 0.2) is 0 Å². The highest BCUT2D eigenvalue weighted by Gasteiger charge is 2.54. The maximum Gasteiger partial charge on any atom is 0.418 e. The summed E-state index contributed by atoms with van der Waals surface area (Å²) in [6.45, 7) is 0.0475. The number of hydrogen-bond acceptors (Lipinski definition) is 3. The highest BCUT2D eigenvalue weighted by atomic mass is 35.5. The van der Waals surface area contributed by atoms with Gasteiger partial charge >= 0.3 is 6.18 Å². The molecule has 1 heterocycles. The fraction of sp³-hybridized carbons (Fsp3) is 0.462. The molecule has 2 aromatic carbocycles. The highest BCUT2D eigenvalue weighted by molar-refractivity contribution is 7.71. The number of halogens is 4. The zero-order valence-corrected chi connectivity index (χ0v) is 20.6. The molecule has 1 aromatic heterocycles. The molecule has 1 N–H and O–H groups in total. The average molecular weight is 519 g/mol. The summed E-state index contributed by atoms with van der Waals surface area (Å²) >= 11 is 12.0. The van der Waals surface area contributed by atoms with Gasteiger partial charge in [-0.25, -0.2) is 4.68 Å². The number of nitrogens with zero attached hydrogens (tertiary/aromatic N) is 3. The molecule has 4 bridgehead atoms. The normalized spacial score (nSPS) is 27.4. The van der Waals surface area contributed by atoms with Gasteiger partial charge in [-0.2, -0.15) is 18.3 Å². The van der Waals surface area contributed by atoms with Crippen LogP contribution in [0.4, 0.5) is 18.9 Å². The SMILES string of the molecule is FC(F)(F)c1ccccc1NCn1nc(C23CC4CC(CC(C4)C2)C3)n(-c2ccc(Cl)cc2)c1=S. The largest absolute Gasteiger partial charge is 0.418 e. The van der Waals surface area contributed by atoms with E-state index in [0.29, 0.717) is 9.79 Å². The standard InChI is InChI=1S/C26H26ClF3N4S/c27-19-5-7-20(8-6-19)34-23(25-12-16-9-17(13-25)11-18(10-16)14-25)32-33(24(34)35)15-31-22-4-2-1-3-21(22)26(28,29)30/h1-8,16-18,31H,9-15H2. The molecule has 4 fully saturated rings. The number of rotatable bonds is 5. The van der Waals surface area contributed by atoms with Crippen LogP contribution in [0, 0.1) is 22.5 Å². The van der Waals surface area contributed by atoms with Crippen LogP contribution < -0.4 is 5.32 Å². The Morgan fingerprint density at radius 3 is 2.17 bits per heavy atom. The van der Waals surface area contributed by atoms with Crippen molar-refractivity contribution in [3.8, 4) is 5.69 Å². The zero-order chi connectivity index (χ0) is 24.4. The number of para-hydroxylation sites is 1. The molecule has 184 valence electrons. The molecule has 35 heavy (non-hydrogen) atoms. The zero-order valence-electron chi connectivity index (χ0n) is 19.1. The van der Waals surface area contributed by atoms with E-state index in [1.54, 1.807) is 10.7 Å². The lowest BCUT2D eigenvalue weighted by Crippen LogP contribution is -2.49. The minimum atomic E-state index is -4.45. The van der Waals surface area contributed by atoms with Crippen molar-refractivity contribution in [1.29, 1.82) is 0 Å². The summed E-state index contributed by atoms with van der Waals surface area (Å²) in [5, 5.41) is 8.57. The average Bonchev–Trinajstić information content (AvgIpc) is 3.14. The van der Waals surface area contributed by atoms with E-state index in [0.717, 1.165) is 54.6 Å². The van der Waals surface area contributed by atoms with E-state index in [-0.39, 0.29) is 17.8 Å². The summed E-state index contributed by atoms with van der Waals surface area (Å²) in [5.41, 5.74) is 0.146. The highest BCUT2D eigenvalue weighted by Crippen LogP contribution is 2.60. The Balaban J connectivity index is 1.41. The molecule has 4 aliphatic carbocycles. The smallest absolute Gasteiger partial charge is 0.366 e. The molecular weight excluding hydrogens is 493 g/mol. The van der Waals surface area contributed by atoms with Crippen LogP contribution >= 0.6 is 23.8 Å². The summed E-state index contributed by atoms with van der Waals surface area (Å²) in [4.78, 5) is 0. The molecule has 4 saturated carbocycles. The van der Waals surface area contributed by atoms with Crippen LogP contribution in [0.25, 0.3) is 5.69 Å². The first-order valence-electron chi connectivity index (χ1n) is 12.1. The third-order valence-corrected chi connectivity index (χ3v) is 8.73. The summed E-state index contributed by atoms with van der Waals surface area (Å²) in [6, 6.07) is 13.0. The Morgan fingerprint density at radius 2 is 1.57 bits per heavy atom. The number of benzene rings is 2. The van der Waals surface area contributed by atoms with Crippen molar-refractivity contribution in [2.75, 3.05) is 5.32 Å². The van der Waals surface area contributed by atoms with Crippen LogP contribution in [-0.4, -0.2) is 14.3 Å². The molecule has 4 nitrogen and oxygen atoms in total. The van der Waals surface area contributed by atoms with Crippen molar-refractivity contribution in [2.24, 2.45) is 17.8 Å². The van der Waals surface area contributed by atoms with Crippen molar-refractivity contribution in [3.05, 3.63) is 69.7 Å². The maximum absolute atomic E-state index is 13.5. The van der Waals surface area contributed by atoms with Crippen molar-refractivity contribution < 1.29 is 13.2 Å². The van der Waals surface area contributed by atoms with Gasteiger partial charge in [0.25, 0.3) is 0 Å². The molecule has 9 heteroatoms. The number of hydrogen-bond donors (Lipinski definition) is 1. The van der Waals surface area contributed by atoms with Crippen LogP contribution in [0.1, 0.15) is 49.9 Å². The molecular formula is C26H26ClF3N4S. The number of nitrogens with one attached hydrogen (secondary N) is 1. The van der Waals surface area contributed by atoms with Crippen molar-refractivity contribution in [3.63, 3.8) is 0 Å². The molecule has 0 radical (unpaired) electrons. The first-order chi connectivity index (χ1) is 16.7. The van der Waals surface area contributed by atoms with Gasteiger partial charge in [-0.1, -0.05) is 23.7 Å². The van der Waals surface area contributed by atoms with Crippen molar-refractivity contribution in [1.82, 2.24) is 14.3 Å². The predicted octanol–water partition coefficient (Wildman–Crippen LogP) is 7.61. The molecule has 0 saturated heterocycles. The predicted molar refractivity (Wildman–Crippen MR) is 132 cm³/mol. The lowest BCUT2D eigenvalue weighted by atomic mass is 9.49. The van der Waals surface area contributed by atoms with Gasteiger partial charge in [0.05, 0.1) is 5.56 Å². The molecule has 4 aliphatic rings. The number of anilines is 1. The molecule has 3 aromatic rings. The second-order valence-corrected chi connectivity index (χ2v) is 11.3. The second-order valence-electron chi connectivity index (χ2n) is 10.5. The molecule has 0 spiro atoms. The van der Waals surface area contributed by atoms with Crippen molar-refractivity contribution in [2.45, 2.75) is 56.8 Å². The van der Waals surface area contributed by atoms with Crippen LogP contribution in [0.5, 0.6) is 0 Å². The second kappa shape index (κ2) is 8.37. The minimum Gasteiger partial charge on any atom is -0.366 e. The third-order valence-electron chi connectivity index (χ3n) is 8.09. The lowest BCUT2D eigenvalue weighted by molar-refractivity contribution is -0.137. The summed E-state index contributed by atoms with van der Waals surface area (Å²) in [6.07, 6.45) is 2.76. The van der Waals surface area contributed by atoms with Gasteiger partial charge in [-0.15, -0.1) is 0 Å². The molecule has 0 atom stereocenters. The minimum absolute atomic E-state index is 0.0132. The van der Waals surface area contributed by atoms with E-state index in [1.807, 2.05) is 28.8 Å². The van der Waals surface area contributed by atoms with E-state index in [9.17, 15) is 13.2 Å². The Kier molecular flexibility index (Phi) is 5.53. The van der Waals surface area contributed by atoms with Gasteiger partial charge in [-0.3, -0.25) is 4.57 Å². The topological polar surface area (TPSA) is 34.8 Å². The molecule has 0 aliphatic heterocycles. The van der Waals surface area contributed by atoms with Gasteiger partial charge in [0.2, 0.25) is 4.77 Å². The van der Waals surface area contributed by atoms with Crippen LogP contribution in [-0.2, 0) is 18.3 Å². The van der Waals surface area contributed by atoms with Gasteiger partial charge in [0, 0.05) is 21.8 Å². The van der Waals surface area contributed by atoms with Crippen LogP contribution in [0.2, 0.25) is 5.02 Å². The molecule has 0 unspecified atom stereocenters. The Hall–Kier alpha value is -2.32. The quantitative estimate of drug-likeness (QED) is 0.353. The van der Waals surface area contributed by atoms with E-state index in [1.165, 1.54) is 31.4 Å². The van der Waals surface area contributed by atoms with E-state index < -0.39 is 11.7 Å². The number of aromatic nitrogens is 3. The summed E-state index contributed by atoms with van der Waals surface area (Å²) in [5.74, 6) is 3.09. The first kappa shape index (κ1) is 23.1. The van der Waals surface area contributed by atoms with Gasteiger partial charge < -0.3 is 5.32 Å². The monoisotopic (exact) mass is 518 g/mol. The fourth-order valence-corrected chi connectivity index (χ4v) is 7.53. The Labute approximate surface area is 212 Å². The maximum atomic E-state index is 13.5. The van der Waals surface area contributed by atoms with Crippen molar-refractivity contribution >= 4 is 29.5 Å². The van der Waals surface area contributed by atoms with Gasteiger partial charge in [-0.05, 0) is 105 Å². The van der Waals surface area contributed by atoms with E-state index in [4.69, 9.17) is 28.9 Å². The van der Waals surface area contributed by atoms with E-state index >= 15 is 0 Å². The molecule has 7 rings (SSSR count). The fourth-order valence-electron chi connectivity index (χ4n) is 7.11.